The first-order valence-electron chi connectivity index (χ1n) is 7.11. The van der Waals surface area contributed by atoms with E-state index in [1.165, 1.54) is 5.56 Å². The normalized spacial score (nSPS) is 12.0. The molecule has 0 spiro atoms. The van der Waals surface area contributed by atoms with Gasteiger partial charge in [0.15, 0.2) is 0 Å². The Bertz CT molecular complexity index is 427. The highest BCUT2D eigenvalue weighted by atomic mass is 79.9. The summed E-state index contributed by atoms with van der Waals surface area (Å²) in [7, 11) is 2.02. The average Bonchev–Trinajstić information content (AvgIpc) is 2.28. The Morgan fingerprint density at radius 3 is 2.55 bits per heavy atom. The van der Waals surface area contributed by atoms with Gasteiger partial charge in [0.1, 0.15) is 0 Å². The largest absolute Gasteiger partial charge is 0.389 e. The fourth-order valence-electron chi connectivity index (χ4n) is 2.20. The van der Waals surface area contributed by atoms with Crippen molar-refractivity contribution in [2.45, 2.75) is 39.8 Å². The van der Waals surface area contributed by atoms with Crippen LogP contribution in [0.2, 0.25) is 0 Å². The Balaban J connectivity index is 2.84. The third kappa shape index (κ3) is 6.25. The molecule has 0 unspecified atom stereocenters. The van der Waals surface area contributed by atoms with Crippen molar-refractivity contribution in [2.75, 3.05) is 25.0 Å². The van der Waals surface area contributed by atoms with Crippen LogP contribution in [0.5, 0.6) is 0 Å². The molecule has 0 amide bonds. The van der Waals surface area contributed by atoms with E-state index in [9.17, 15) is 5.11 Å². The summed E-state index contributed by atoms with van der Waals surface area (Å²) in [6, 6.07) is 6.31. The highest BCUT2D eigenvalue weighted by Crippen LogP contribution is 2.25. The maximum atomic E-state index is 9.99. The lowest BCUT2D eigenvalue weighted by atomic mass is 10.1. The molecular weight excluding hydrogens is 316 g/mol. The Morgan fingerprint density at radius 1 is 1.35 bits per heavy atom. The number of likely N-dealkylation sites (N-methyl/N-ethyl adjacent to an activating group) is 1. The smallest absolute Gasteiger partial charge is 0.0765 e. The molecule has 0 atom stereocenters. The molecule has 3 nitrogen and oxygen atoms in total. The molecule has 0 bridgehead atoms. The lowest BCUT2D eigenvalue weighted by Crippen LogP contribution is -2.37. The molecule has 0 saturated heterocycles. The number of hydrogen-bond acceptors (Lipinski definition) is 3. The fraction of sp³-hybridized carbons (Fsp3) is 0.625. The van der Waals surface area contributed by atoms with Gasteiger partial charge in [0, 0.05) is 30.3 Å². The molecule has 0 aliphatic carbocycles. The molecular formula is C16H27BrN2O. The van der Waals surface area contributed by atoms with Crippen LogP contribution in [-0.2, 0) is 6.54 Å². The summed E-state index contributed by atoms with van der Waals surface area (Å²) in [5.74, 6) is 0.642. The molecule has 4 heteroatoms. The Kier molecular flexibility index (Phi) is 6.49. The maximum absolute atomic E-state index is 9.99. The van der Waals surface area contributed by atoms with E-state index in [4.69, 9.17) is 0 Å². The molecule has 2 N–H and O–H groups in total. The van der Waals surface area contributed by atoms with E-state index in [-0.39, 0.29) is 0 Å². The first-order valence-corrected chi connectivity index (χ1v) is 7.91. The zero-order chi connectivity index (χ0) is 15.3. The molecule has 114 valence electrons. The third-order valence-electron chi connectivity index (χ3n) is 2.95. The van der Waals surface area contributed by atoms with E-state index < -0.39 is 5.60 Å². The van der Waals surface area contributed by atoms with Crippen LogP contribution in [0.3, 0.4) is 0 Å². The van der Waals surface area contributed by atoms with Crippen molar-refractivity contribution in [3.8, 4) is 0 Å². The van der Waals surface area contributed by atoms with E-state index in [1.54, 1.807) is 0 Å². The molecule has 0 aliphatic rings. The van der Waals surface area contributed by atoms with Crippen molar-refractivity contribution in [2.24, 2.45) is 5.92 Å². The van der Waals surface area contributed by atoms with Gasteiger partial charge in [-0.1, -0.05) is 35.8 Å². The first-order chi connectivity index (χ1) is 9.19. The van der Waals surface area contributed by atoms with Crippen LogP contribution in [-0.4, -0.2) is 30.8 Å². The Hall–Kier alpha value is -0.580. The number of benzene rings is 1. The van der Waals surface area contributed by atoms with Crippen molar-refractivity contribution >= 4 is 21.6 Å². The second-order valence-electron chi connectivity index (χ2n) is 6.47. The lowest BCUT2D eigenvalue weighted by Gasteiger charge is -2.29. The Labute approximate surface area is 131 Å². The quantitative estimate of drug-likeness (QED) is 0.797. The molecule has 1 rings (SSSR count). The molecule has 0 heterocycles. The fourth-order valence-corrected chi connectivity index (χ4v) is 2.55. The summed E-state index contributed by atoms with van der Waals surface area (Å²) in [4.78, 5) is 2.11. The molecule has 1 aromatic rings. The molecule has 0 aliphatic heterocycles. The highest BCUT2D eigenvalue weighted by Gasteiger charge is 2.18. The maximum Gasteiger partial charge on any atom is 0.0765 e. The van der Waals surface area contributed by atoms with Gasteiger partial charge in [-0.2, -0.15) is 0 Å². The summed E-state index contributed by atoms with van der Waals surface area (Å²) in [5.41, 5.74) is 1.69. The van der Waals surface area contributed by atoms with Crippen LogP contribution in [0.4, 0.5) is 5.69 Å². The number of anilines is 1. The molecule has 20 heavy (non-hydrogen) atoms. The van der Waals surface area contributed by atoms with Crippen LogP contribution >= 0.6 is 15.9 Å². The van der Waals surface area contributed by atoms with Gasteiger partial charge < -0.3 is 15.3 Å². The molecule has 0 fully saturated rings. The highest BCUT2D eigenvalue weighted by molar-refractivity contribution is 9.10. The summed E-state index contributed by atoms with van der Waals surface area (Å²) in [6.07, 6.45) is 0. The topological polar surface area (TPSA) is 35.5 Å². The average molecular weight is 343 g/mol. The number of halogens is 1. The number of rotatable bonds is 7. The van der Waals surface area contributed by atoms with Crippen LogP contribution < -0.4 is 10.2 Å². The van der Waals surface area contributed by atoms with E-state index in [2.05, 4.69) is 58.2 Å². The van der Waals surface area contributed by atoms with Gasteiger partial charge in [-0.25, -0.2) is 0 Å². The SMILES string of the molecule is CC(C)CNCc1ccc(Br)cc1N(C)CC(C)(C)O. The molecule has 1 aromatic carbocycles. The van der Waals surface area contributed by atoms with Crippen molar-refractivity contribution in [3.05, 3.63) is 28.2 Å². The van der Waals surface area contributed by atoms with E-state index >= 15 is 0 Å². The van der Waals surface area contributed by atoms with Gasteiger partial charge in [-0.3, -0.25) is 0 Å². The van der Waals surface area contributed by atoms with E-state index in [0.717, 1.165) is 23.2 Å². The second kappa shape index (κ2) is 7.43. The Morgan fingerprint density at radius 2 is 2.00 bits per heavy atom. The predicted molar refractivity (Wildman–Crippen MR) is 90.3 cm³/mol. The zero-order valence-electron chi connectivity index (χ0n) is 13.2. The molecule has 0 saturated carbocycles. The summed E-state index contributed by atoms with van der Waals surface area (Å²) in [6.45, 7) is 10.5. The van der Waals surface area contributed by atoms with Crippen LogP contribution in [0, 0.1) is 5.92 Å². The monoisotopic (exact) mass is 342 g/mol. The second-order valence-corrected chi connectivity index (χ2v) is 7.38. The van der Waals surface area contributed by atoms with Crippen LogP contribution in [0.25, 0.3) is 0 Å². The minimum atomic E-state index is -0.709. The number of nitrogens with one attached hydrogen (secondary N) is 1. The minimum Gasteiger partial charge on any atom is -0.389 e. The summed E-state index contributed by atoms with van der Waals surface area (Å²) in [5, 5.41) is 13.5. The van der Waals surface area contributed by atoms with Crippen molar-refractivity contribution in [1.82, 2.24) is 5.32 Å². The van der Waals surface area contributed by atoms with Gasteiger partial charge in [0.2, 0.25) is 0 Å². The first kappa shape index (κ1) is 17.5. The van der Waals surface area contributed by atoms with Gasteiger partial charge in [-0.15, -0.1) is 0 Å². The van der Waals surface area contributed by atoms with E-state index in [0.29, 0.717) is 12.5 Å². The summed E-state index contributed by atoms with van der Waals surface area (Å²) >= 11 is 3.53. The molecule has 0 aromatic heterocycles. The third-order valence-corrected chi connectivity index (χ3v) is 3.44. The van der Waals surface area contributed by atoms with Crippen molar-refractivity contribution in [1.29, 1.82) is 0 Å². The van der Waals surface area contributed by atoms with Crippen LogP contribution in [0.15, 0.2) is 22.7 Å². The van der Waals surface area contributed by atoms with Gasteiger partial charge >= 0.3 is 0 Å². The zero-order valence-corrected chi connectivity index (χ0v) is 14.8. The summed E-state index contributed by atoms with van der Waals surface area (Å²) < 4.78 is 1.06. The van der Waals surface area contributed by atoms with Crippen molar-refractivity contribution in [3.63, 3.8) is 0 Å². The van der Waals surface area contributed by atoms with Gasteiger partial charge in [-0.05, 0) is 44.0 Å². The number of hydrogen-bond donors (Lipinski definition) is 2. The number of nitrogens with zero attached hydrogens (tertiary/aromatic N) is 1. The molecule has 0 radical (unpaired) electrons. The van der Waals surface area contributed by atoms with Gasteiger partial charge in [0.05, 0.1) is 5.60 Å². The van der Waals surface area contributed by atoms with Crippen molar-refractivity contribution < 1.29 is 5.11 Å². The predicted octanol–water partition coefficient (Wildman–Crippen LogP) is 3.40. The standard InChI is InChI=1S/C16H27BrN2O/c1-12(2)9-18-10-13-6-7-14(17)8-15(13)19(5)11-16(3,4)20/h6-8,12,18,20H,9-11H2,1-5H3. The van der Waals surface area contributed by atoms with Gasteiger partial charge in [0.25, 0.3) is 0 Å². The lowest BCUT2D eigenvalue weighted by molar-refractivity contribution is 0.0886. The van der Waals surface area contributed by atoms with Crippen LogP contribution in [0.1, 0.15) is 33.3 Å². The number of aliphatic hydroxyl groups is 1. The minimum absolute atomic E-state index is 0.598. The van der Waals surface area contributed by atoms with E-state index in [1.807, 2.05) is 20.9 Å².